The minimum absolute atomic E-state index is 0.0229. The number of nitrogens with one attached hydrogen (secondary N) is 2. The Labute approximate surface area is 157 Å². The molecule has 7 heteroatoms. The maximum Gasteiger partial charge on any atom is 0.265 e. The first-order chi connectivity index (χ1) is 13.1. The summed E-state index contributed by atoms with van der Waals surface area (Å²) in [6, 6.07) is 14.3. The van der Waals surface area contributed by atoms with Crippen molar-refractivity contribution in [1.29, 1.82) is 0 Å². The molecule has 1 aliphatic heterocycles. The van der Waals surface area contributed by atoms with Crippen LogP contribution in [0.5, 0.6) is 5.75 Å². The van der Waals surface area contributed by atoms with Crippen molar-refractivity contribution >= 4 is 23.4 Å². The zero-order valence-electron chi connectivity index (χ0n) is 15.0. The topological polar surface area (TPSA) is 87.7 Å². The molecular weight excluding hydrogens is 346 g/mol. The predicted molar refractivity (Wildman–Crippen MR) is 101 cm³/mol. The Hall–Kier alpha value is -3.35. The van der Waals surface area contributed by atoms with E-state index in [0.717, 1.165) is 5.56 Å². The largest absolute Gasteiger partial charge is 0.482 e. The molecule has 140 valence electrons. The van der Waals surface area contributed by atoms with Gasteiger partial charge in [-0.15, -0.1) is 0 Å². The zero-order chi connectivity index (χ0) is 19.2. The molecule has 0 aliphatic carbocycles. The van der Waals surface area contributed by atoms with E-state index in [2.05, 4.69) is 10.6 Å². The molecule has 0 fully saturated rings. The first-order valence-electron chi connectivity index (χ1n) is 8.68. The van der Waals surface area contributed by atoms with Gasteiger partial charge in [0, 0.05) is 32.1 Å². The number of hydrogen-bond donors (Lipinski definition) is 2. The van der Waals surface area contributed by atoms with Gasteiger partial charge in [-0.2, -0.15) is 0 Å². The van der Waals surface area contributed by atoms with E-state index in [4.69, 9.17) is 4.74 Å². The lowest BCUT2D eigenvalue weighted by Gasteiger charge is -2.29. The lowest BCUT2D eigenvalue weighted by molar-refractivity contribution is -0.122. The van der Waals surface area contributed by atoms with Crippen LogP contribution in [0, 0.1) is 0 Å². The molecule has 27 heavy (non-hydrogen) atoms. The van der Waals surface area contributed by atoms with Gasteiger partial charge < -0.3 is 20.3 Å². The molecule has 1 heterocycles. The SMILES string of the molecule is CNC(=O)c1cccc(CNC(=O)CCN2C(=O)COc3ccccc32)c1. The predicted octanol–water partition coefficient (Wildman–Crippen LogP) is 1.48. The van der Waals surface area contributed by atoms with Crippen LogP contribution in [0.25, 0.3) is 0 Å². The summed E-state index contributed by atoms with van der Waals surface area (Å²) in [6.07, 6.45) is 0.176. The highest BCUT2D eigenvalue weighted by Gasteiger charge is 2.25. The van der Waals surface area contributed by atoms with Crippen molar-refractivity contribution in [3.05, 3.63) is 59.7 Å². The van der Waals surface area contributed by atoms with Crippen LogP contribution in [0.15, 0.2) is 48.5 Å². The third kappa shape index (κ3) is 4.44. The molecule has 0 spiro atoms. The van der Waals surface area contributed by atoms with Gasteiger partial charge in [0.05, 0.1) is 5.69 Å². The third-order valence-corrected chi connectivity index (χ3v) is 4.28. The molecule has 2 aromatic carbocycles. The summed E-state index contributed by atoms with van der Waals surface area (Å²) >= 11 is 0. The molecule has 0 atom stereocenters. The Bertz CT molecular complexity index is 866. The average Bonchev–Trinajstić information content (AvgIpc) is 2.71. The van der Waals surface area contributed by atoms with Crippen LogP contribution >= 0.6 is 0 Å². The summed E-state index contributed by atoms with van der Waals surface area (Å²) in [5.74, 6) is 0.132. The average molecular weight is 367 g/mol. The summed E-state index contributed by atoms with van der Waals surface area (Å²) in [6.45, 7) is 0.575. The van der Waals surface area contributed by atoms with Crippen LogP contribution in [0.4, 0.5) is 5.69 Å². The Balaban J connectivity index is 1.55. The number of rotatable bonds is 6. The Kier molecular flexibility index (Phi) is 5.71. The summed E-state index contributed by atoms with van der Waals surface area (Å²) in [4.78, 5) is 37.5. The second kappa shape index (κ2) is 8.35. The van der Waals surface area contributed by atoms with E-state index >= 15 is 0 Å². The number of hydrogen-bond acceptors (Lipinski definition) is 4. The number of para-hydroxylation sites is 2. The van der Waals surface area contributed by atoms with E-state index in [1.165, 1.54) is 0 Å². The number of ether oxygens (including phenoxy) is 1. The number of carbonyl (C=O) groups is 3. The fourth-order valence-corrected chi connectivity index (χ4v) is 2.87. The first kappa shape index (κ1) is 18.4. The van der Waals surface area contributed by atoms with E-state index in [0.29, 0.717) is 23.5 Å². The van der Waals surface area contributed by atoms with Crippen molar-refractivity contribution in [1.82, 2.24) is 10.6 Å². The Morgan fingerprint density at radius 1 is 1.15 bits per heavy atom. The Morgan fingerprint density at radius 3 is 2.78 bits per heavy atom. The smallest absolute Gasteiger partial charge is 0.265 e. The molecule has 1 aliphatic rings. The van der Waals surface area contributed by atoms with Gasteiger partial charge in [-0.25, -0.2) is 0 Å². The van der Waals surface area contributed by atoms with Crippen LogP contribution in [-0.2, 0) is 16.1 Å². The van der Waals surface area contributed by atoms with Crippen LogP contribution in [-0.4, -0.2) is 37.9 Å². The van der Waals surface area contributed by atoms with Crippen LogP contribution < -0.4 is 20.3 Å². The molecule has 7 nitrogen and oxygen atoms in total. The fraction of sp³-hybridized carbons (Fsp3) is 0.250. The summed E-state index contributed by atoms with van der Waals surface area (Å²) < 4.78 is 5.39. The summed E-state index contributed by atoms with van der Waals surface area (Å²) in [5.41, 5.74) is 2.05. The first-order valence-corrected chi connectivity index (χ1v) is 8.68. The molecular formula is C20H21N3O4. The van der Waals surface area contributed by atoms with Gasteiger partial charge in [-0.1, -0.05) is 24.3 Å². The molecule has 0 bridgehead atoms. The van der Waals surface area contributed by atoms with E-state index < -0.39 is 0 Å². The molecule has 0 saturated carbocycles. The van der Waals surface area contributed by atoms with Gasteiger partial charge in [0.1, 0.15) is 5.75 Å². The van der Waals surface area contributed by atoms with Crippen LogP contribution in [0.3, 0.4) is 0 Å². The lowest BCUT2D eigenvalue weighted by atomic mass is 10.1. The molecule has 2 aromatic rings. The fourth-order valence-electron chi connectivity index (χ4n) is 2.87. The third-order valence-electron chi connectivity index (χ3n) is 4.28. The highest BCUT2D eigenvalue weighted by atomic mass is 16.5. The van der Waals surface area contributed by atoms with Crippen molar-refractivity contribution in [2.75, 3.05) is 25.1 Å². The maximum absolute atomic E-state index is 12.2. The molecule has 3 rings (SSSR count). The van der Waals surface area contributed by atoms with Gasteiger partial charge in [0.2, 0.25) is 5.91 Å². The van der Waals surface area contributed by atoms with Crippen molar-refractivity contribution in [2.24, 2.45) is 0 Å². The van der Waals surface area contributed by atoms with E-state index in [1.54, 1.807) is 42.3 Å². The minimum atomic E-state index is -0.173. The summed E-state index contributed by atoms with van der Waals surface area (Å²) in [7, 11) is 1.57. The highest BCUT2D eigenvalue weighted by molar-refractivity contribution is 5.98. The second-order valence-electron chi connectivity index (χ2n) is 6.11. The van der Waals surface area contributed by atoms with Crippen molar-refractivity contribution in [2.45, 2.75) is 13.0 Å². The number of benzene rings is 2. The standard InChI is InChI=1S/C20H21N3O4/c1-21-20(26)15-6-4-5-14(11-15)12-22-18(24)9-10-23-16-7-2-3-8-17(16)27-13-19(23)25/h2-8,11H,9-10,12-13H2,1H3,(H,21,26)(H,22,24). The quantitative estimate of drug-likeness (QED) is 0.810. The van der Waals surface area contributed by atoms with E-state index in [9.17, 15) is 14.4 Å². The minimum Gasteiger partial charge on any atom is -0.482 e. The molecule has 2 N–H and O–H groups in total. The van der Waals surface area contributed by atoms with Crippen LogP contribution in [0.1, 0.15) is 22.3 Å². The molecule has 0 unspecified atom stereocenters. The molecule has 0 aromatic heterocycles. The Morgan fingerprint density at radius 2 is 1.96 bits per heavy atom. The van der Waals surface area contributed by atoms with Gasteiger partial charge in [-0.3, -0.25) is 14.4 Å². The molecule has 0 saturated heterocycles. The number of carbonyl (C=O) groups excluding carboxylic acids is 3. The van der Waals surface area contributed by atoms with Crippen LogP contribution in [0.2, 0.25) is 0 Å². The van der Waals surface area contributed by atoms with Gasteiger partial charge in [0.15, 0.2) is 6.61 Å². The number of nitrogens with zero attached hydrogens (tertiary/aromatic N) is 1. The van der Waals surface area contributed by atoms with E-state index in [1.807, 2.05) is 18.2 Å². The summed E-state index contributed by atoms with van der Waals surface area (Å²) in [5, 5.41) is 5.39. The lowest BCUT2D eigenvalue weighted by Crippen LogP contribution is -2.41. The van der Waals surface area contributed by atoms with Gasteiger partial charge in [-0.05, 0) is 29.8 Å². The van der Waals surface area contributed by atoms with E-state index in [-0.39, 0.29) is 37.3 Å². The monoisotopic (exact) mass is 367 g/mol. The maximum atomic E-state index is 12.2. The highest BCUT2D eigenvalue weighted by Crippen LogP contribution is 2.31. The van der Waals surface area contributed by atoms with Crippen molar-refractivity contribution < 1.29 is 19.1 Å². The second-order valence-corrected chi connectivity index (χ2v) is 6.11. The van der Waals surface area contributed by atoms with Crippen molar-refractivity contribution in [3.8, 4) is 5.75 Å². The zero-order valence-corrected chi connectivity index (χ0v) is 15.0. The van der Waals surface area contributed by atoms with Gasteiger partial charge >= 0.3 is 0 Å². The number of anilines is 1. The van der Waals surface area contributed by atoms with Crippen molar-refractivity contribution in [3.63, 3.8) is 0 Å². The molecule has 0 radical (unpaired) electrons. The number of fused-ring (bicyclic) bond motifs is 1. The van der Waals surface area contributed by atoms with Gasteiger partial charge in [0.25, 0.3) is 11.8 Å². The molecule has 3 amide bonds. The number of amides is 3. The normalized spacial score (nSPS) is 12.8.